The first-order valence-electron chi connectivity index (χ1n) is 7.87. The topological polar surface area (TPSA) is 41.9 Å². The molecular weight excluding hydrogens is 363 g/mol. The van der Waals surface area contributed by atoms with Gasteiger partial charge in [-0.15, -0.1) is 0 Å². The highest BCUT2D eigenvalue weighted by molar-refractivity contribution is 7.80. The van der Waals surface area contributed by atoms with E-state index in [1.807, 2.05) is 36.7 Å². The summed E-state index contributed by atoms with van der Waals surface area (Å²) >= 11 is 17.9. The maximum Gasteiger partial charge on any atom is 0.171 e. The van der Waals surface area contributed by atoms with Crippen LogP contribution in [0.4, 0.5) is 5.69 Å². The standard InChI is InChI=1S/C17H22Cl2N4S/c1-5-10(2)20-17(24)21-16-11(3)22-23(12(16)4)9-13-14(18)7-6-8-15(13)19/h6-8,10H,5,9H2,1-4H3,(H2,20,21,24). The Morgan fingerprint density at radius 3 is 2.50 bits per heavy atom. The Kier molecular flexibility index (Phi) is 6.49. The average molecular weight is 385 g/mol. The number of aryl methyl sites for hydroxylation is 1. The number of aromatic nitrogens is 2. The van der Waals surface area contributed by atoms with Gasteiger partial charge < -0.3 is 10.6 Å². The molecule has 7 heteroatoms. The van der Waals surface area contributed by atoms with Gasteiger partial charge in [0.15, 0.2) is 5.11 Å². The van der Waals surface area contributed by atoms with Crippen molar-refractivity contribution in [2.75, 3.05) is 5.32 Å². The summed E-state index contributed by atoms with van der Waals surface area (Å²) in [6.07, 6.45) is 1.00. The summed E-state index contributed by atoms with van der Waals surface area (Å²) in [6.45, 7) is 8.67. The predicted octanol–water partition coefficient (Wildman–Crippen LogP) is 4.94. The van der Waals surface area contributed by atoms with E-state index in [0.29, 0.717) is 27.7 Å². The van der Waals surface area contributed by atoms with Crippen molar-refractivity contribution in [3.05, 3.63) is 45.2 Å². The molecule has 4 nitrogen and oxygen atoms in total. The van der Waals surface area contributed by atoms with E-state index in [1.165, 1.54) is 0 Å². The lowest BCUT2D eigenvalue weighted by Crippen LogP contribution is -2.35. The Morgan fingerprint density at radius 2 is 1.92 bits per heavy atom. The quantitative estimate of drug-likeness (QED) is 0.716. The minimum Gasteiger partial charge on any atom is -0.360 e. The molecule has 24 heavy (non-hydrogen) atoms. The first-order valence-corrected chi connectivity index (χ1v) is 9.04. The van der Waals surface area contributed by atoms with Gasteiger partial charge in [0, 0.05) is 21.7 Å². The molecule has 0 spiro atoms. The van der Waals surface area contributed by atoms with Crippen LogP contribution in [0.1, 0.15) is 37.2 Å². The van der Waals surface area contributed by atoms with Crippen LogP contribution in [0.15, 0.2) is 18.2 Å². The van der Waals surface area contributed by atoms with Gasteiger partial charge in [0.05, 0.1) is 23.6 Å². The van der Waals surface area contributed by atoms with Crippen LogP contribution in [0.2, 0.25) is 10.0 Å². The zero-order valence-electron chi connectivity index (χ0n) is 14.3. The van der Waals surface area contributed by atoms with Crippen LogP contribution in [0.25, 0.3) is 0 Å². The smallest absolute Gasteiger partial charge is 0.171 e. The lowest BCUT2D eigenvalue weighted by atomic mass is 10.2. The zero-order chi connectivity index (χ0) is 17.9. The Hall–Kier alpha value is -1.30. The number of rotatable bonds is 5. The molecule has 0 fully saturated rings. The van der Waals surface area contributed by atoms with Gasteiger partial charge in [0.2, 0.25) is 0 Å². The fourth-order valence-corrected chi connectivity index (χ4v) is 3.16. The van der Waals surface area contributed by atoms with E-state index in [-0.39, 0.29) is 0 Å². The van der Waals surface area contributed by atoms with Crippen molar-refractivity contribution in [2.24, 2.45) is 0 Å². The molecule has 0 aliphatic rings. The van der Waals surface area contributed by atoms with Gasteiger partial charge >= 0.3 is 0 Å². The number of nitrogens with zero attached hydrogens (tertiary/aromatic N) is 2. The van der Waals surface area contributed by atoms with Gasteiger partial charge in [-0.1, -0.05) is 36.2 Å². The Labute approximate surface area is 158 Å². The van der Waals surface area contributed by atoms with E-state index in [1.54, 1.807) is 0 Å². The molecule has 2 aromatic rings. The second-order valence-corrected chi connectivity index (χ2v) is 7.03. The van der Waals surface area contributed by atoms with Crippen LogP contribution in [0, 0.1) is 13.8 Å². The molecule has 0 radical (unpaired) electrons. The molecule has 0 amide bonds. The van der Waals surface area contributed by atoms with Crippen LogP contribution in [-0.2, 0) is 6.54 Å². The van der Waals surface area contributed by atoms with Crippen molar-refractivity contribution in [3.63, 3.8) is 0 Å². The average Bonchev–Trinajstić information content (AvgIpc) is 2.78. The Morgan fingerprint density at radius 1 is 1.29 bits per heavy atom. The van der Waals surface area contributed by atoms with Crippen molar-refractivity contribution in [2.45, 2.75) is 46.7 Å². The van der Waals surface area contributed by atoms with Crippen molar-refractivity contribution in [1.29, 1.82) is 0 Å². The zero-order valence-corrected chi connectivity index (χ0v) is 16.6. The van der Waals surface area contributed by atoms with E-state index in [2.05, 4.69) is 29.6 Å². The summed E-state index contributed by atoms with van der Waals surface area (Å²) in [4.78, 5) is 0. The first-order chi connectivity index (χ1) is 11.3. The van der Waals surface area contributed by atoms with Crippen molar-refractivity contribution in [3.8, 4) is 0 Å². The summed E-state index contributed by atoms with van der Waals surface area (Å²) in [5.74, 6) is 0. The van der Waals surface area contributed by atoms with Gasteiger partial charge in [0.25, 0.3) is 0 Å². The number of benzene rings is 1. The number of hydrogen-bond acceptors (Lipinski definition) is 2. The van der Waals surface area contributed by atoms with Gasteiger partial charge in [0.1, 0.15) is 0 Å². The fourth-order valence-electron chi connectivity index (χ4n) is 2.34. The van der Waals surface area contributed by atoms with Gasteiger partial charge in [-0.3, -0.25) is 4.68 Å². The van der Waals surface area contributed by atoms with Crippen LogP contribution in [-0.4, -0.2) is 20.9 Å². The van der Waals surface area contributed by atoms with Gasteiger partial charge in [-0.05, 0) is 51.5 Å². The molecule has 1 aromatic heterocycles. The molecule has 0 aliphatic heterocycles. The van der Waals surface area contributed by atoms with E-state index in [4.69, 9.17) is 35.4 Å². The molecule has 0 aliphatic carbocycles. The largest absolute Gasteiger partial charge is 0.360 e. The predicted molar refractivity (Wildman–Crippen MR) is 106 cm³/mol. The van der Waals surface area contributed by atoms with E-state index < -0.39 is 0 Å². The van der Waals surface area contributed by atoms with Crippen molar-refractivity contribution in [1.82, 2.24) is 15.1 Å². The normalized spacial score (nSPS) is 12.1. The number of thiocarbonyl (C=S) groups is 1. The van der Waals surface area contributed by atoms with Crippen LogP contribution >= 0.6 is 35.4 Å². The minimum absolute atomic E-state index is 0.322. The number of hydrogen-bond donors (Lipinski definition) is 2. The lowest BCUT2D eigenvalue weighted by Gasteiger charge is -2.15. The summed E-state index contributed by atoms with van der Waals surface area (Å²) in [5, 5.41) is 13.0. The Bertz CT molecular complexity index is 722. The second-order valence-electron chi connectivity index (χ2n) is 5.81. The Balaban J connectivity index is 2.21. The number of nitrogens with one attached hydrogen (secondary N) is 2. The molecule has 0 saturated carbocycles. The second kappa shape index (κ2) is 8.19. The van der Waals surface area contributed by atoms with E-state index >= 15 is 0 Å². The summed E-state index contributed by atoms with van der Waals surface area (Å²) in [5.41, 5.74) is 3.64. The molecule has 0 bridgehead atoms. The molecule has 1 aromatic carbocycles. The SMILES string of the molecule is CCC(C)NC(=S)Nc1c(C)nn(Cc2c(Cl)cccc2Cl)c1C. The van der Waals surface area contributed by atoms with Crippen LogP contribution in [0.5, 0.6) is 0 Å². The monoisotopic (exact) mass is 384 g/mol. The molecule has 1 unspecified atom stereocenters. The third-order valence-corrected chi connectivity index (χ3v) is 4.91. The third kappa shape index (κ3) is 4.41. The van der Waals surface area contributed by atoms with E-state index in [0.717, 1.165) is 29.1 Å². The number of anilines is 1. The highest BCUT2D eigenvalue weighted by atomic mass is 35.5. The molecular formula is C17H22Cl2N4S. The highest BCUT2D eigenvalue weighted by Crippen LogP contribution is 2.27. The van der Waals surface area contributed by atoms with E-state index in [9.17, 15) is 0 Å². The highest BCUT2D eigenvalue weighted by Gasteiger charge is 2.15. The number of halogens is 2. The molecule has 0 saturated heterocycles. The first kappa shape index (κ1) is 19.0. The fraction of sp³-hybridized carbons (Fsp3) is 0.412. The van der Waals surface area contributed by atoms with Gasteiger partial charge in [-0.2, -0.15) is 5.10 Å². The van der Waals surface area contributed by atoms with Gasteiger partial charge in [-0.25, -0.2) is 0 Å². The van der Waals surface area contributed by atoms with Crippen LogP contribution < -0.4 is 10.6 Å². The minimum atomic E-state index is 0.322. The molecule has 2 rings (SSSR count). The maximum absolute atomic E-state index is 6.26. The molecule has 2 N–H and O–H groups in total. The van der Waals surface area contributed by atoms with Crippen molar-refractivity contribution < 1.29 is 0 Å². The molecule has 130 valence electrons. The van der Waals surface area contributed by atoms with Crippen LogP contribution in [0.3, 0.4) is 0 Å². The molecule has 1 atom stereocenters. The maximum atomic E-state index is 6.26. The summed E-state index contributed by atoms with van der Waals surface area (Å²) < 4.78 is 1.89. The lowest BCUT2D eigenvalue weighted by molar-refractivity contribution is 0.645. The molecule has 1 heterocycles. The third-order valence-electron chi connectivity index (χ3n) is 3.98. The van der Waals surface area contributed by atoms with Crippen molar-refractivity contribution >= 4 is 46.2 Å². The summed E-state index contributed by atoms with van der Waals surface area (Å²) in [7, 11) is 0. The summed E-state index contributed by atoms with van der Waals surface area (Å²) in [6, 6.07) is 5.82.